The molecule has 62 heavy (non-hydrogen) atoms. The minimum Gasteiger partial charge on any atom is -0.295 e. The van der Waals surface area contributed by atoms with Crippen molar-refractivity contribution in [2.24, 2.45) is 0 Å². The van der Waals surface area contributed by atoms with Gasteiger partial charge >= 0.3 is 0 Å². The van der Waals surface area contributed by atoms with E-state index in [2.05, 4.69) is 252 Å². The van der Waals surface area contributed by atoms with Crippen molar-refractivity contribution < 1.29 is 0 Å². The van der Waals surface area contributed by atoms with Crippen LogP contribution in [0.5, 0.6) is 0 Å². The Hall–Kier alpha value is -7.65. The quantitative estimate of drug-likeness (QED) is 0.160. The maximum atomic E-state index is 5.43. The largest absolute Gasteiger partial charge is 0.295 e. The standard InChI is InChI=1S/C56H40N4Si2/c1-5-21-41(22-6-1)61(42-23-7-2-8-24-42)51-33-17-13-29-47(51)59(48-30-14-18-34-52(48)61)55-39-37-46-45(57-55)38-40-56(58-46)60-49-31-15-19-35-53(49)62(43-25-9-3-10-26-43,44-27-11-4-12-28-44)54-36-20-16-32-50(54)60/h1-40H. The number of anilines is 6. The Morgan fingerprint density at radius 2 is 0.484 bits per heavy atom. The van der Waals surface area contributed by atoms with E-state index >= 15 is 0 Å². The molecular formula is C56H40N4Si2. The molecule has 292 valence electrons. The average Bonchev–Trinajstić information content (AvgIpc) is 3.35. The molecule has 0 aliphatic carbocycles. The van der Waals surface area contributed by atoms with Gasteiger partial charge in [-0.3, -0.25) is 9.80 Å². The Labute approximate surface area is 363 Å². The molecule has 10 aromatic rings. The summed E-state index contributed by atoms with van der Waals surface area (Å²) in [6, 6.07) is 89.0. The van der Waals surface area contributed by atoms with E-state index in [9.17, 15) is 0 Å². The van der Waals surface area contributed by atoms with Gasteiger partial charge in [0.15, 0.2) is 16.1 Å². The molecule has 0 N–H and O–H groups in total. The van der Waals surface area contributed by atoms with Crippen molar-refractivity contribution >= 4 is 103 Å². The lowest BCUT2D eigenvalue weighted by atomic mass is 10.2. The first-order chi connectivity index (χ1) is 30.8. The zero-order valence-electron chi connectivity index (χ0n) is 33.9. The van der Waals surface area contributed by atoms with Gasteiger partial charge in [0.1, 0.15) is 11.6 Å². The zero-order valence-corrected chi connectivity index (χ0v) is 35.9. The third kappa shape index (κ3) is 5.24. The van der Waals surface area contributed by atoms with Gasteiger partial charge in [-0.2, -0.15) is 0 Å². The van der Waals surface area contributed by atoms with Crippen LogP contribution in [0.4, 0.5) is 34.4 Å². The van der Waals surface area contributed by atoms with Crippen LogP contribution in [0.1, 0.15) is 0 Å². The third-order valence-electron chi connectivity index (χ3n) is 13.0. The Bertz CT molecular complexity index is 2870. The first-order valence-electron chi connectivity index (χ1n) is 21.3. The van der Waals surface area contributed by atoms with E-state index in [1.807, 2.05) is 0 Å². The predicted octanol–water partition coefficient (Wildman–Crippen LogP) is 7.95. The van der Waals surface area contributed by atoms with Crippen LogP contribution in [-0.4, -0.2) is 26.1 Å². The van der Waals surface area contributed by atoms with E-state index in [4.69, 9.17) is 9.97 Å². The second-order valence-electron chi connectivity index (χ2n) is 16.1. The molecule has 2 aliphatic rings. The fourth-order valence-corrected chi connectivity index (χ4v) is 20.8. The van der Waals surface area contributed by atoms with Crippen LogP contribution in [0, 0.1) is 0 Å². The molecule has 0 radical (unpaired) electrons. The SMILES string of the molecule is c1ccc([Si]2(c3ccccc3)c3ccccc3N(c3ccc4nc(N5c6ccccc6[Si](c6ccccc6)(c6ccccc6)c6ccccc65)ccc4n3)c3ccccc32)cc1. The summed E-state index contributed by atoms with van der Waals surface area (Å²) in [7, 11) is -5.46. The van der Waals surface area contributed by atoms with Crippen molar-refractivity contribution in [3.05, 3.63) is 243 Å². The topological polar surface area (TPSA) is 32.3 Å². The second-order valence-corrected chi connectivity index (χ2v) is 23.5. The van der Waals surface area contributed by atoms with Crippen LogP contribution in [0.3, 0.4) is 0 Å². The average molecular weight is 825 g/mol. The van der Waals surface area contributed by atoms with Crippen molar-refractivity contribution in [1.29, 1.82) is 0 Å². The van der Waals surface area contributed by atoms with Crippen LogP contribution >= 0.6 is 0 Å². The third-order valence-corrected chi connectivity index (χ3v) is 22.7. The van der Waals surface area contributed by atoms with Gasteiger partial charge < -0.3 is 0 Å². The van der Waals surface area contributed by atoms with Gasteiger partial charge in [-0.05, 0) is 90.0 Å². The number of rotatable bonds is 6. The highest BCUT2D eigenvalue weighted by Crippen LogP contribution is 2.40. The van der Waals surface area contributed by atoms with Crippen molar-refractivity contribution in [3.63, 3.8) is 0 Å². The minimum atomic E-state index is -2.73. The Kier molecular flexibility index (Phi) is 8.48. The normalized spacial score (nSPS) is 14.3. The van der Waals surface area contributed by atoms with Crippen LogP contribution < -0.4 is 51.3 Å². The van der Waals surface area contributed by atoms with Gasteiger partial charge in [-0.1, -0.05) is 194 Å². The molecule has 6 heteroatoms. The van der Waals surface area contributed by atoms with Crippen LogP contribution in [0.25, 0.3) is 11.0 Å². The maximum Gasteiger partial charge on any atom is 0.184 e. The van der Waals surface area contributed by atoms with Gasteiger partial charge in [0.2, 0.25) is 0 Å². The van der Waals surface area contributed by atoms with Gasteiger partial charge in [-0.15, -0.1) is 0 Å². The summed E-state index contributed by atoms with van der Waals surface area (Å²) in [5.74, 6) is 1.73. The van der Waals surface area contributed by atoms with E-state index in [0.717, 1.165) is 45.4 Å². The summed E-state index contributed by atoms with van der Waals surface area (Å²) in [4.78, 5) is 15.6. The van der Waals surface area contributed by atoms with E-state index < -0.39 is 16.1 Å². The van der Waals surface area contributed by atoms with Crippen molar-refractivity contribution in [3.8, 4) is 0 Å². The molecule has 8 aromatic carbocycles. The predicted molar refractivity (Wildman–Crippen MR) is 263 cm³/mol. The summed E-state index contributed by atoms with van der Waals surface area (Å²) < 4.78 is 0. The highest BCUT2D eigenvalue weighted by atomic mass is 28.3. The summed E-state index contributed by atoms with van der Waals surface area (Å²) in [6.07, 6.45) is 0. The number of pyridine rings is 2. The van der Waals surface area contributed by atoms with E-state index in [-0.39, 0.29) is 0 Å². The molecule has 0 bridgehead atoms. The van der Waals surface area contributed by atoms with E-state index in [0.29, 0.717) is 0 Å². The molecule has 2 aliphatic heterocycles. The molecule has 0 saturated carbocycles. The molecule has 0 unspecified atom stereocenters. The molecule has 0 spiro atoms. The molecule has 4 nitrogen and oxygen atoms in total. The van der Waals surface area contributed by atoms with Crippen LogP contribution in [0.2, 0.25) is 0 Å². The molecule has 0 saturated heterocycles. The minimum absolute atomic E-state index is 0.845. The van der Waals surface area contributed by atoms with E-state index in [1.54, 1.807) is 0 Å². The maximum absolute atomic E-state index is 5.43. The number of nitrogens with zero attached hydrogens (tertiary/aromatic N) is 4. The summed E-state index contributed by atoms with van der Waals surface area (Å²) >= 11 is 0. The monoisotopic (exact) mass is 824 g/mol. The van der Waals surface area contributed by atoms with E-state index in [1.165, 1.54) is 41.5 Å². The summed E-state index contributed by atoms with van der Waals surface area (Å²) in [6.45, 7) is 0. The second kappa shape index (κ2) is 14.5. The van der Waals surface area contributed by atoms with Crippen molar-refractivity contribution in [2.45, 2.75) is 0 Å². The first kappa shape index (κ1) is 36.2. The van der Waals surface area contributed by atoms with Crippen LogP contribution in [-0.2, 0) is 0 Å². The lowest BCUT2D eigenvalue weighted by Gasteiger charge is -2.44. The van der Waals surface area contributed by atoms with Crippen molar-refractivity contribution in [1.82, 2.24) is 9.97 Å². The smallest absolute Gasteiger partial charge is 0.184 e. The van der Waals surface area contributed by atoms with Gasteiger partial charge in [0.25, 0.3) is 0 Å². The number of benzene rings is 8. The molecule has 2 aromatic heterocycles. The molecule has 0 amide bonds. The van der Waals surface area contributed by atoms with Gasteiger partial charge in [0.05, 0.1) is 11.0 Å². The molecule has 12 rings (SSSR count). The number of para-hydroxylation sites is 4. The fraction of sp³-hybridized carbons (Fsp3) is 0. The van der Waals surface area contributed by atoms with Crippen LogP contribution in [0.15, 0.2) is 243 Å². The molecule has 0 atom stereocenters. The Morgan fingerprint density at radius 3 is 0.758 bits per heavy atom. The fourth-order valence-electron chi connectivity index (χ4n) is 10.6. The first-order valence-corrected chi connectivity index (χ1v) is 25.3. The summed E-state index contributed by atoms with van der Waals surface area (Å²) in [5.41, 5.74) is 6.33. The number of hydrogen-bond acceptors (Lipinski definition) is 4. The van der Waals surface area contributed by atoms with Gasteiger partial charge in [-0.25, -0.2) is 9.97 Å². The lowest BCUT2D eigenvalue weighted by Crippen LogP contribution is -2.77. The van der Waals surface area contributed by atoms with Crippen molar-refractivity contribution in [2.75, 3.05) is 9.80 Å². The lowest BCUT2D eigenvalue weighted by molar-refractivity contribution is 1.18. The Balaban J connectivity index is 1.02. The molecular weight excluding hydrogens is 785 g/mol. The number of hydrogen-bond donors (Lipinski definition) is 0. The highest BCUT2D eigenvalue weighted by molar-refractivity contribution is 7.22. The number of fused-ring (bicyclic) bond motifs is 5. The highest BCUT2D eigenvalue weighted by Gasteiger charge is 2.50. The zero-order chi connectivity index (χ0) is 41.1. The Morgan fingerprint density at radius 1 is 0.242 bits per heavy atom. The molecule has 4 heterocycles. The van der Waals surface area contributed by atoms with Gasteiger partial charge in [0, 0.05) is 22.7 Å². The number of aromatic nitrogens is 2. The summed E-state index contributed by atoms with van der Waals surface area (Å²) in [5, 5.41) is 10.8. The molecule has 0 fully saturated rings.